The number of nitrogens with zero attached hydrogens (tertiary/aromatic N) is 2. The molecule has 5 heteroatoms. The number of hydrogen-bond donors (Lipinski definition) is 1. The molecule has 1 heterocycles. The first-order valence-electron chi connectivity index (χ1n) is 9.52. The Bertz CT molecular complexity index is 845. The molecule has 0 saturated heterocycles. The van der Waals surface area contributed by atoms with Crippen molar-refractivity contribution in [2.75, 3.05) is 13.6 Å². The van der Waals surface area contributed by atoms with Gasteiger partial charge in [0.25, 0.3) is 0 Å². The number of amides is 1. The summed E-state index contributed by atoms with van der Waals surface area (Å²) in [5.74, 6) is 0.120. The SMILES string of the molecule is Cc1n[nH]c(C)c1CCCN(C)C(=O)CC1=C(c2ccccc2)CCC1=O. The normalized spacial score (nSPS) is 14.1. The van der Waals surface area contributed by atoms with Gasteiger partial charge in [-0.2, -0.15) is 5.10 Å². The zero-order valence-electron chi connectivity index (χ0n) is 16.3. The lowest BCUT2D eigenvalue weighted by molar-refractivity contribution is -0.130. The average molecular weight is 365 g/mol. The Labute approximate surface area is 160 Å². The highest BCUT2D eigenvalue weighted by Gasteiger charge is 2.26. The Hall–Kier alpha value is -2.69. The van der Waals surface area contributed by atoms with E-state index < -0.39 is 0 Å². The Morgan fingerprint density at radius 3 is 2.59 bits per heavy atom. The van der Waals surface area contributed by atoms with Crippen molar-refractivity contribution in [3.8, 4) is 0 Å². The summed E-state index contributed by atoms with van der Waals surface area (Å²) in [5, 5.41) is 7.21. The molecule has 142 valence electrons. The van der Waals surface area contributed by atoms with E-state index in [9.17, 15) is 9.59 Å². The lowest BCUT2D eigenvalue weighted by Gasteiger charge is -2.18. The molecule has 1 aliphatic rings. The van der Waals surface area contributed by atoms with E-state index in [0.29, 0.717) is 18.5 Å². The number of benzene rings is 1. The monoisotopic (exact) mass is 365 g/mol. The standard InChI is InChI=1S/C22H27N3O2/c1-15-18(16(2)24-23-15)10-7-13-25(3)22(27)14-20-19(11-12-21(20)26)17-8-5-4-6-9-17/h4-6,8-9H,7,10-14H2,1-3H3,(H,23,24). The number of aromatic nitrogens is 2. The van der Waals surface area contributed by atoms with E-state index in [0.717, 1.165) is 41.8 Å². The van der Waals surface area contributed by atoms with Crippen molar-refractivity contribution in [3.05, 3.63) is 58.4 Å². The van der Waals surface area contributed by atoms with E-state index in [1.54, 1.807) is 4.90 Å². The third-order valence-corrected chi connectivity index (χ3v) is 5.38. The number of nitrogens with one attached hydrogen (secondary N) is 1. The molecule has 1 amide bonds. The molecular formula is C22H27N3O2. The van der Waals surface area contributed by atoms with Crippen molar-refractivity contribution in [1.29, 1.82) is 0 Å². The van der Waals surface area contributed by atoms with E-state index in [4.69, 9.17) is 0 Å². The summed E-state index contributed by atoms with van der Waals surface area (Å²) in [7, 11) is 1.82. The van der Waals surface area contributed by atoms with Crippen LogP contribution >= 0.6 is 0 Å². The Morgan fingerprint density at radius 2 is 1.93 bits per heavy atom. The van der Waals surface area contributed by atoms with Crippen LogP contribution in [0.2, 0.25) is 0 Å². The number of aryl methyl sites for hydroxylation is 2. The van der Waals surface area contributed by atoms with E-state index in [2.05, 4.69) is 10.2 Å². The molecule has 27 heavy (non-hydrogen) atoms. The van der Waals surface area contributed by atoms with Crippen LogP contribution in [-0.2, 0) is 16.0 Å². The molecule has 0 fully saturated rings. The maximum absolute atomic E-state index is 12.7. The number of carbonyl (C=O) groups excluding carboxylic acids is 2. The van der Waals surface area contributed by atoms with Crippen LogP contribution < -0.4 is 0 Å². The molecule has 0 aliphatic heterocycles. The van der Waals surface area contributed by atoms with Crippen LogP contribution in [0.25, 0.3) is 5.57 Å². The Balaban J connectivity index is 1.61. The summed E-state index contributed by atoms with van der Waals surface area (Å²) in [6.07, 6.45) is 3.21. The number of Topliss-reactive ketones (excluding diaryl/α,β-unsaturated/α-hetero) is 1. The van der Waals surface area contributed by atoms with Gasteiger partial charge in [0.05, 0.1) is 12.1 Å². The molecule has 1 N–H and O–H groups in total. The lowest BCUT2D eigenvalue weighted by atomic mass is 9.99. The maximum Gasteiger partial charge on any atom is 0.226 e. The fraction of sp³-hybridized carbons (Fsp3) is 0.409. The maximum atomic E-state index is 12.7. The van der Waals surface area contributed by atoms with Crippen LogP contribution in [0, 0.1) is 13.8 Å². The molecule has 0 atom stereocenters. The quantitative estimate of drug-likeness (QED) is 0.815. The second kappa shape index (κ2) is 8.33. The Morgan fingerprint density at radius 1 is 1.19 bits per heavy atom. The zero-order valence-corrected chi connectivity index (χ0v) is 16.3. The molecular weight excluding hydrogens is 338 g/mol. The average Bonchev–Trinajstić information content (AvgIpc) is 3.19. The van der Waals surface area contributed by atoms with Crippen LogP contribution in [-0.4, -0.2) is 40.4 Å². The van der Waals surface area contributed by atoms with E-state index in [1.165, 1.54) is 5.56 Å². The first-order valence-corrected chi connectivity index (χ1v) is 9.52. The van der Waals surface area contributed by atoms with E-state index in [1.807, 2.05) is 51.2 Å². The van der Waals surface area contributed by atoms with Crippen LogP contribution in [0.3, 0.4) is 0 Å². The summed E-state index contributed by atoms with van der Waals surface area (Å²) >= 11 is 0. The molecule has 2 aromatic rings. The van der Waals surface area contributed by atoms with Crippen LogP contribution in [0.15, 0.2) is 35.9 Å². The minimum atomic E-state index is 0.00863. The van der Waals surface area contributed by atoms with Gasteiger partial charge in [-0.3, -0.25) is 14.7 Å². The minimum Gasteiger partial charge on any atom is -0.345 e. The van der Waals surface area contributed by atoms with Crippen LogP contribution in [0.1, 0.15) is 48.2 Å². The van der Waals surface area contributed by atoms with Crippen molar-refractivity contribution in [3.63, 3.8) is 0 Å². The van der Waals surface area contributed by atoms with Crippen LogP contribution in [0.5, 0.6) is 0 Å². The summed E-state index contributed by atoms with van der Waals surface area (Å²) in [5.41, 5.74) is 6.13. The van der Waals surface area contributed by atoms with Gasteiger partial charge in [-0.15, -0.1) is 0 Å². The largest absolute Gasteiger partial charge is 0.345 e. The highest BCUT2D eigenvalue weighted by molar-refractivity contribution is 6.10. The van der Waals surface area contributed by atoms with Crippen molar-refractivity contribution in [2.45, 2.75) is 46.0 Å². The molecule has 0 unspecified atom stereocenters. The van der Waals surface area contributed by atoms with Gasteiger partial charge in [0.2, 0.25) is 5.91 Å². The highest BCUT2D eigenvalue weighted by Crippen LogP contribution is 2.33. The van der Waals surface area contributed by atoms with Gasteiger partial charge in [0.15, 0.2) is 5.78 Å². The third kappa shape index (κ3) is 4.35. The smallest absolute Gasteiger partial charge is 0.226 e. The predicted octanol–water partition coefficient (Wildman–Crippen LogP) is 3.62. The molecule has 5 nitrogen and oxygen atoms in total. The second-order valence-corrected chi connectivity index (χ2v) is 7.25. The van der Waals surface area contributed by atoms with Gasteiger partial charge < -0.3 is 4.90 Å². The third-order valence-electron chi connectivity index (χ3n) is 5.38. The van der Waals surface area contributed by atoms with Crippen molar-refractivity contribution in [2.24, 2.45) is 0 Å². The molecule has 0 spiro atoms. The molecule has 1 aliphatic carbocycles. The van der Waals surface area contributed by atoms with E-state index in [-0.39, 0.29) is 18.1 Å². The molecule has 0 bridgehead atoms. The molecule has 1 aromatic carbocycles. The molecule has 0 saturated carbocycles. The van der Waals surface area contributed by atoms with Gasteiger partial charge in [-0.1, -0.05) is 30.3 Å². The molecule has 0 radical (unpaired) electrons. The summed E-state index contributed by atoms with van der Waals surface area (Å²) in [4.78, 5) is 26.7. The predicted molar refractivity (Wildman–Crippen MR) is 106 cm³/mol. The lowest BCUT2D eigenvalue weighted by Crippen LogP contribution is -2.28. The number of hydrogen-bond acceptors (Lipinski definition) is 3. The van der Waals surface area contributed by atoms with Gasteiger partial charge in [0, 0.05) is 31.3 Å². The fourth-order valence-electron chi connectivity index (χ4n) is 3.72. The second-order valence-electron chi connectivity index (χ2n) is 7.25. The van der Waals surface area contributed by atoms with Crippen LogP contribution in [0.4, 0.5) is 0 Å². The minimum absolute atomic E-state index is 0.00863. The van der Waals surface area contributed by atoms with Gasteiger partial charge in [-0.25, -0.2) is 0 Å². The van der Waals surface area contributed by atoms with Gasteiger partial charge >= 0.3 is 0 Å². The van der Waals surface area contributed by atoms with Crippen molar-refractivity contribution >= 4 is 17.3 Å². The molecule has 1 aromatic heterocycles. The fourth-order valence-corrected chi connectivity index (χ4v) is 3.72. The Kier molecular flexibility index (Phi) is 5.89. The van der Waals surface area contributed by atoms with E-state index >= 15 is 0 Å². The van der Waals surface area contributed by atoms with Gasteiger partial charge in [-0.05, 0) is 49.8 Å². The number of carbonyl (C=O) groups is 2. The van der Waals surface area contributed by atoms with Crippen molar-refractivity contribution in [1.82, 2.24) is 15.1 Å². The number of ketones is 1. The summed E-state index contributed by atoms with van der Waals surface area (Å²) in [6, 6.07) is 9.92. The number of H-pyrrole nitrogens is 1. The van der Waals surface area contributed by atoms with Crippen molar-refractivity contribution < 1.29 is 9.59 Å². The first-order chi connectivity index (χ1) is 13.0. The zero-order chi connectivity index (χ0) is 19.4. The summed E-state index contributed by atoms with van der Waals surface area (Å²) < 4.78 is 0. The topological polar surface area (TPSA) is 66.1 Å². The first kappa shape index (κ1) is 19.1. The number of aromatic amines is 1. The van der Waals surface area contributed by atoms with Gasteiger partial charge in [0.1, 0.15) is 0 Å². The summed E-state index contributed by atoms with van der Waals surface area (Å²) in [6.45, 7) is 4.69. The number of rotatable bonds is 7. The number of allylic oxidation sites excluding steroid dienone is 1. The molecule has 3 rings (SSSR count). The highest BCUT2D eigenvalue weighted by atomic mass is 16.2.